The summed E-state index contributed by atoms with van der Waals surface area (Å²) in [7, 11) is 0. The Morgan fingerprint density at radius 1 is 0.912 bits per heavy atom. The summed E-state index contributed by atoms with van der Waals surface area (Å²) >= 11 is 0. The standard InChI is InChI=1S/C28H37N3O3/c1-26(2,3)21-9-7-20(8-10-21)24-19-28(34-30-24)15-17-31(18-16-28)33-25(32)29-23-13-11-22(12-14-23)27(4,5)6/h7-14H,15-19H2,1-6H3,(H,29,32). The molecule has 0 atom stereocenters. The first kappa shape index (κ1) is 24.3. The summed E-state index contributed by atoms with van der Waals surface area (Å²) in [5, 5.41) is 8.95. The Morgan fingerprint density at radius 3 is 1.97 bits per heavy atom. The van der Waals surface area contributed by atoms with Crippen LogP contribution in [0.5, 0.6) is 0 Å². The van der Waals surface area contributed by atoms with Gasteiger partial charge in [0, 0.05) is 38.0 Å². The van der Waals surface area contributed by atoms with Crippen LogP contribution in [0.4, 0.5) is 10.5 Å². The Hall–Kier alpha value is -2.86. The number of nitrogens with one attached hydrogen (secondary N) is 1. The molecule has 1 N–H and O–H groups in total. The van der Waals surface area contributed by atoms with Crippen molar-refractivity contribution >= 4 is 17.5 Å². The van der Waals surface area contributed by atoms with Gasteiger partial charge in [0.25, 0.3) is 0 Å². The highest BCUT2D eigenvalue weighted by Crippen LogP contribution is 2.36. The molecule has 1 saturated heterocycles. The Labute approximate surface area is 203 Å². The number of carbonyl (C=O) groups excluding carboxylic acids is 1. The molecule has 1 fully saturated rings. The van der Waals surface area contributed by atoms with Gasteiger partial charge in [-0.1, -0.05) is 83.1 Å². The first-order valence-electron chi connectivity index (χ1n) is 12.1. The second-order valence-corrected chi connectivity index (χ2v) is 11.6. The van der Waals surface area contributed by atoms with E-state index in [0.29, 0.717) is 13.1 Å². The maximum atomic E-state index is 12.4. The molecule has 6 nitrogen and oxygen atoms in total. The van der Waals surface area contributed by atoms with Gasteiger partial charge in [-0.25, -0.2) is 4.79 Å². The first-order valence-corrected chi connectivity index (χ1v) is 12.1. The molecule has 0 unspecified atom stereocenters. The highest BCUT2D eigenvalue weighted by Gasteiger charge is 2.43. The highest BCUT2D eigenvalue weighted by atomic mass is 16.7. The molecule has 0 bridgehead atoms. The van der Waals surface area contributed by atoms with E-state index in [0.717, 1.165) is 36.2 Å². The smallest absolute Gasteiger partial charge is 0.388 e. The van der Waals surface area contributed by atoms with Crippen molar-refractivity contribution in [3.05, 3.63) is 65.2 Å². The molecular weight excluding hydrogens is 426 g/mol. The minimum Gasteiger partial charge on any atom is -0.388 e. The minimum atomic E-state index is -0.470. The van der Waals surface area contributed by atoms with Crippen LogP contribution in [0, 0.1) is 0 Å². The predicted octanol–water partition coefficient (Wildman–Crippen LogP) is 6.40. The van der Waals surface area contributed by atoms with Crippen molar-refractivity contribution in [1.29, 1.82) is 0 Å². The Morgan fingerprint density at radius 2 is 1.44 bits per heavy atom. The summed E-state index contributed by atoms with van der Waals surface area (Å²) in [5.74, 6) is 0. The second kappa shape index (κ2) is 9.06. The molecule has 0 saturated carbocycles. The third kappa shape index (κ3) is 5.61. The molecule has 1 spiro atoms. The molecule has 2 aromatic rings. The lowest BCUT2D eigenvalue weighted by Crippen LogP contribution is -2.45. The number of hydroxylamine groups is 2. The molecular formula is C28H37N3O3. The van der Waals surface area contributed by atoms with Crippen LogP contribution in [0.25, 0.3) is 0 Å². The molecule has 182 valence electrons. The van der Waals surface area contributed by atoms with Crippen LogP contribution < -0.4 is 5.32 Å². The number of amides is 1. The van der Waals surface area contributed by atoms with Crippen molar-refractivity contribution in [2.24, 2.45) is 5.16 Å². The van der Waals surface area contributed by atoms with E-state index < -0.39 is 6.09 Å². The fourth-order valence-electron chi connectivity index (χ4n) is 4.40. The van der Waals surface area contributed by atoms with E-state index in [2.05, 4.69) is 76.3 Å². The number of benzene rings is 2. The average Bonchev–Trinajstić information content (AvgIpc) is 3.18. The average molecular weight is 464 g/mol. The summed E-state index contributed by atoms with van der Waals surface area (Å²) in [4.78, 5) is 23.9. The zero-order valence-electron chi connectivity index (χ0n) is 21.3. The van der Waals surface area contributed by atoms with Crippen molar-refractivity contribution < 1.29 is 14.5 Å². The van der Waals surface area contributed by atoms with E-state index in [1.807, 2.05) is 24.3 Å². The number of oxime groups is 1. The number of hydrogen-bond donors (Lipinski definition) is 1. The molecule has 0 aliphatic carbocycles. The molecule has 34 heavy (non-hydrogen) atoms. The summed E-state index contributed by atoms with van der Waals surface area (Å²) in [5.41, 5.74) is 5.24. The molecule has 2 aromatic carbocycles. The quantitative estimate of drug-likeness (QED) is 0.572. The summed E-state index contributed by atoms with van der Waals surface area (Å²) < 4.78 is 0. The van der Waals surface area contributed by atoms with Crippen LogP contribution in [0.15, 0.2) is 53.7 Å². The van der Waals surface area contributed by atoms with Crippen LogP contribution in [0.2, 0.25) is 0 Å². The lowest BCUT2D eigenvalue weighted by atomic mass is 9.84. The van der Waals surface area contributed by atoms with E-state index >= 15 is 0 Å². The van der Waals surface area contributed by atoms with E-state index in [1.165, 1.54) is 11.1 Å². The zero-order valence-corrected chi connectivity index (χ0v) is 21.3. The second-order valence-electron chi connectivity index (χ2n) is 11.6. The Bertz CT molecular complexity index is 1040. The topological polar surface area (TPSA) is 63.2 Å². The van der Waals surface area contributed by atoms with Gasteiger partial charge in [-0.15, -0.1) is 5.06 Å². The van der Waals surface area contributed by atoms with Crippen LogP contribution in [-0.2, 0) is 20.5 Å². The van der Waals surface area contributed by atoms with Crippen LogP contribution in [-0.4, -0.2) is 35.6 Å². The van der Waals surface area contributed by atoms with Gasteiger partial charge >= 0.3 is 6.09 Å². The maximum Gasteiger partial charge on any atom is 0.430 e. The number of carbonyl (C=O) groups is 1. The van der Waals surface area contributed by atoms with Gasteiger partial charge in [-0.2, -0.15) is 0 Å². The third-order valence-electron chi connectivity index (χ3n) is 6.77. The highest BCUT2D eigenvalue weighted by molar-refractivity contribution is 6.01. The van der Waals surface area contributed by atoms with Crippen molar-refractivity contribution in [3.8, 4) is 0 Å². The number of anilines is 1. The largest absolute Gasteiger partial charge is 0.430 e. The molecule has 0 radical (unpaired) electrons. The van der Waals surface area contributed by atoms with Crippen LogP contribution in [0.3, 0.4) is 0 Å². The van der Waals surface area contributed by atoms with E-state index in [9.17, 15) is 4.79 Å². The van der Waals surface area contributed by atoms with Gasteiger partial charge in [0.2, 0.25) is 0 Å². The van der Waals surface area contributed by atoms with Crippen molar-refractivity contribution in [2.45, 2.75) is 77.2 Å². The Balaban J connectivity index is 1.26. The Kier molecular flexibility index (Phi) is 6.47. The first-order chi connectivity index (χ1) is 15.9. The molecule has 2 heterocycles. The lowest BCUT2D eigenvalue weighted by molar-refractivity contribution is -0.154. The van der Waals surface area contributed by atoms with Crippen molar-refractivity contribution in [1.82, 2.24) is 5.06 Å². The third-order valence-corrected chi connectivity index (χ3v) is 6.77. The van der Waals surface area contributed by atoms with E-state index in [1.54, 1.807) is 5.06 Å². The van der Waals surface area contributed by atoms with Gasteiger partial charge in [-0.3, -0.25) is 5.32 Å². The molecule has 4 rings (SSSR count). The number of nitrogens with zero attached hydrogens (tertiary/aromatic N) is 2. The van der Waals surface area contributed by atoms with Gasteiger partial charge in [0.05, 0.1) is 5.71 Å². The van der Waals surface area contributed by atoms with Gasteiger partial charge < -0.3 is 9.68 Å². The van der Waals surface area contributed by atoms with Crippen molar-refractivity contribution in [2.75, 3.05) is 18.4 Å². The fraction of sp³-hybridized carbons (Fsp3) is 0.500. The zero-order chi connectivity index (χ0) is 24.6. The molecule has 2 aliphatic rings. The monoisotopic (exact) mass is 463 g/mol. The molecule has 0 aromatic heterocycles. The van der Waals surface area contributed by atoms with Crippen LogP contribution >= 0.6 is 0 Å². The normalized spacial score (nSPS) is 18.4. The number of hydrogen-bond acceptors (Lipinski definition) is 5. The van der Waals surface area contributed by atoms with Gasteiger partial charge in [0.1, 0.15) is 5.60 Å². The predicted molar refractivity (Wildman–Crippen MR) is 136 cm³/mol. The van der Waals surface area contributed by atoms with Crippen LogP contribution in [0.1, 0.15) is 77.5 Å². The van der Waals surface area contributed by atoms with Gasteiger partial charge in [0.15, 0.2) is 0 Å². The lowest BCUT2D eigenvalue weighted by Gasteiger charge is -2.35. The molecule has 6 heteroatoms. The summed E-state index contributed by atoms with van der Waals surface area (Å²) in [6, 6.07) is 16.5. The number of piperidine rings is 1. The maximum absolute atomic E-state index is 12.4. The molecule has 2 aliphatic heterocycles. The van der Waals surface area contributed by atoms with E-state index in [4.69, 9.17) is 9.68 Å². The fourth-order valence-corrected chi connectivity index (χ4v) is 4.40. The summed E-state index contributed by atoms with van der Waals surface area (Å²) in [6.07, 6.45) is 1.83. The minimum absolute atomic E-state index is 0.0740. The summed E-state index contributed by atoms with van der Waals surface area (Å²) in [6.45, 7) is 14.4. The van der Waals surface area contributed by atoms with E-state index in [-0.39, 0.29) is 16.4 Å². The van der Waals surface area contributed by atoms with Gasteiger partial charge in [-0.05, 0) is 39.7 Å². The number of rotatable bonds is 3. The van der Waals surface area contributed by atoms with Crippen molar-refractivity contribution in [3.63, 3.8) is 0 Å². The molecule has 1 amide bonds. The SMILES string of the molecule is CC(C)(C)c1ccc(NC(=O)ON2CCC3(CC2)CC(c2ccc(C(C)(C)C)cc2)=NO3)cc1.